The molecule has 0 radical (unpaired) electrons. The summed E-state index contributed by atoms with van der Waals surface area (Å²) in [5.41, 5.74) is 6.14. The number of rotatable bonds is 5. The summed E-state index contributed by atoms with van der Waals surface area (Å²) in [6.07, 6.45) is 4.05. The number of phenolic OH excluding ortho intramolecular Hbond substituents is 2. The number of benzene rings is 4. The SMILES string of the molecule is Oc1cccc(-c2nnc(-c3ccc(C(c4c[nH]c5ccc(Cl)cc45)c4c[nH]c5ccc(Cl)cc45)cc3)o2)c1O. The topological polar surface area (TPSA) is 111 Å². The van der Waals surface area contributed by atoms with Gasteiger partial charge < -0.3 is 24.6 Å². The van der Waals surface area contributed by atoms with E-state index in [0.29, 0.717) is 21.5 Å². The van der Waals surface area contributed by atoms with E-state index in [2.05, 4.69) is 20.2 Å². The fourth-order valence-corrected chi connectivity index (χ4v) is 5.55. The average Bonchev–Trinajstić information content (AvgIpc) is 3.70. The van der Waals surface area contributed by atoms with Gasteiger partial charge in [-0.2, -0.15) is 0 Å². The first-order chi connectivity index (χ1) is 19.5. The highest BCUT2D eigenvalue weighted by molar-refractivity contribution is 6.31. The Hall–Kier alpha value is -4.72. The first-order valence-corrected chi connectivity index (χ1v) is 13.2. The van der Waals surface area contributed by atoms with E-state index in [1.54, 1.807) is 12.1 Å². The summed E-state index contributed by atoms with van der Waals surface area (Å²) < 4.78 is 5.85. The van der Waals surface area contributed by atoms with Gasteiger partial charge in [0.2, 0.25) is 5.89 Å². The van der Waals surface area contributed by atoms with Crippen molar-refractivity contribution < 1.29 is 14.6 Å². The van der Waals surface area contributed by atoms with Gasteiger partial charge in [-0.15, -0.1) is 10.2 Å². The zero-order valence-corrected chi connectivity index (χ0v) is 22.2. The third kappa shape index (κ3) is 4.07. The number of hydrogen-bond acceptors (Lipinski definition) is 5. The number of aromatic hydroxyl groups is 2. The van der Waals surface area contributed by atoms with Gasteiger partial charge in [-0.3, -0.25) is 0 Å². The zero-order chi connectivity index (χ0) is 27.4. The maximum atomic E-state index is 10.2. The van der Waals surface area contributed by atoms with Gasteiger partial charge in [0, 0.05) is 55.7 Å². The lowest BCUT2D eigenvalue weighted by Gasteiger charge is -2.18. The summed E-state index contributed by atoms with van der Waals surface area (Å²) in [7, 11) is 0. The minimum atomic E-state index is -0.312. The molecule has 0 spiro atoms. The zero-order valence-electron chi connectivity index (χ0n) is 20.7. The standard InChI is InChI=1S/C31H20Cl2N4O3/c32-18-8-10-25-21(12-18)23(14-34-25)28(24-15-35-26-11-9-19(33)13-22(24)26)16-4-6-17(7-5-16)30-36-37-31(40-30)20-2-1-3-27(38)29(20)39/h1-15,28,34-35,38-39H. The van der Waals surface area contributed by atoms with Crippen molar-refractivity contribution in [2.24, 2.45) is 0 Å². The number of hydrogen-bond donors (Lipinski definition) is 4. The van der Waals surface area contributed by atoms with E-state index in [-0.39, 0.29) is 28.9 Å². The third-order valence-corrected chi connectivity index (χ3v) is 7.60. The van der Waals surface area contributed by atoms with Crippen LogP contribution >= 0.6 is 23.2 Å². The Labute approximate surface area is 237 Å². The van der Waals surface area contributed by atoms with E-state index in [4.69, 9.17) is 27.6 Å². The van der Waals surface area contributed by atoms with Gasteiger partial charge in [0.25, 0.3) is 5.89 Å². The van der Waals surface area contributed by atoms with Gasteiger partial charge in [0.05, 0.1) is 5.56 Å². The second kappa shape index (κ2) is 9.48. The normalized spacial score (nSPS) is 11.7. The third-order valence-electron chi connectivity index (χ3n) is 7.13. The molecule has 40 heavy (non-hydrogen) atoms. The Morgan fingerprint density at radius 1 is 0.700 bits per heavy atom. The van der Waals surface area contributed by atoms with E-state index in [1.807, 2.05) is 73.1 Å². The Balaban J connectivity index is 1.33. The Morgan fingerprint density at radius 2 is 1.30 bits per heavy atom. The van der Waals surface area contributed by atoms with Crippen molar-refractivity contribution in [2.45, 2.75) is 5.92 Å². The maximum Gasteiger partial charge on any atom is 0.252 e. The molecule has 0 unspecified atom stereocenters. The molecule has 0 fully saturated rings. The summed E-state index contributed by atoms with van der Waals surface area (Å²) in [5.74, 6) is -0.315. The lowest BCUT2D eigenvalue weighted by Crippen LogP contribution is -2.02. The van der Waals surface area contributed by atoms with Gasteiger partial charge in [-0.25, -0.2) is 0 Å². The van der Waals surface area contributed by atoms with Crippen molar-refractivity contribution in [3.8, 4) is 34.4 Å². The number of aromatic nitrogens is 4. The molecule has 0 amide bonds. The molecule has 3 aromatic heterocycles. The minimum Gasteiger partial charge on any atom is -0.504 e. The van der Waals surface area contributed by atoms with E-state index >= 15 is 0 Å². The molecule has 0 bridgehead atoms. The molecule has 196 valence electrons. The van der Waals surface area contributed by atoms with Crippen LogP contribution in [0.5, 0.6) is 11.5 Å². The van der Waals surface area contributed by atoms with Crippen molar-refractivity contribution in [1.29, 1.82) is 0 Å². The van der Waals surface area contributed by atoms with Gasteiger partial charge in [0.1, 0.15) is 0 Å². The number of fused-ring (bicyclic) bond motifs is 2. The second-order valence-electron chi connectivity index (χ2n) is 9.51. The highest BCUT2D eigenvalue weighted by atomic mass is 35.5. The molecule has 0 aliphatic heterocycles. The van der Waals surface area contributed by atoms with Crippen molar-refractivity contribution in [2.75, 3.05) is 0 Å². The summed E-state index contributed by atoms with van der Waals surface area (Å²) in [5, 5.41) is 31.6. The van der Waals surface area contributed by atoms with Gasteiger partial charge in [-0.05, 0) is 77.4 Å². The van der Waals surface area contributed by atoms with Crippen molar-refractivity contribution in [3.63, 3.8) is 0 Å². The minimum absolute atomic E-state index is 0.108. The number of H-pyrrole nitrogens is 2. The molecule has 7 rings (SSSR count). The van der Waals surface area contributed by atoms with Crippen LogP contribution in [0, 0.1) is 0 Å². The molecule has 7 aromatic rings. The summed E-state index contributed by atoms with van der Waals surface area (Å²) in [6.45, 7) is 0. The number of nitrogens with one attached hydrogen (secondary N) is 2. The highest BCUT2D eigenvalue weighted by Crippen LogP contribution is 2.41. The Bertz CT molecular complexity index is 1940. The van der Waals surface area contributed by atoms with E-state index in [1.165, 1.54) is 6.07 Å². The van der Waals surface area contributed by atoms with Crippen LogP contribution in [0.3, 0.4) is 0 Å². The molecular formula is C31H20Cl2N4O3. The van der Waals surface area contributed by atoms with E-state index in [0.717, 1.165) is 38.5 Å². The molecule has 3 heterocycles. The van der Waals surface area contributed by atoms with Crippen molar-refractivity contribution >= 4 is 45.0 Å². The smallest absolute Gasteiger partial charge is 0.252 e. The molecule has 0 atom stereocenters. The molecule has 0 saturated heterocycles. The van der Waals surface area contributed by atoms with Crippen LogP contribution in [0.4, 0.5) is 0 Å². The highest BCUT2D eigenvalue weighted by Gasteiger charge is 2.24. The number of halogens is 2. The number of aromatic amines is 2. The Morgan fingerprint density at radius 3 is 1.93 bits per heavy atom. The van der Waals surface area contributed by atoms with Crippen LogP contribution in [0.15, 0.2) is 95.7 Å². The number of nitrogens with zero attached hydrogens (tertiary/aromatic N) is 2. The van der Waals surface area contributed by atoms with Crippen LogP contribution in [0.2, 0.25) is 10.0 Å². The molecule has 9 heteroatoms. The maximum absolute atomic E-state index is 10.2. The summed E-state index contributed by atoms with van der Waals surface area (Å²) in [4.78, 5) is 6.77. The second-order valence-corrected chi connectivity index (χ2v) is 10.4. The molecule has 0 aliphatic rings. The molecule has 0 saturated carbocycles. The van der Waals surface area contributed by atoms with Crippen LogP contribution < -0.4 is 0 Å². The lowest BCUT2D eigenvalue weighted by atomic mass is 9.84. The molecule has 0 aliphatic carbocycles. The molecular weight excluding hydrogens is 547 g/mol. The summed E-state index contributed by atoms with van der Waals surface area (Å²) in [6, 6.07) is 24.1. The first-order valence-electron chi connectivity index (χ1n) is 12.4. The van der Waals surface area contributed by atoms with Crippen LogP contribution in [-0.4, -0.2) is 30.4 Å². The quantitative estimate of drug-likeness (QED) is 0.157. The van der Waals surface area contributed by atoms with E-state index < -0.39 is 0 Å². The van der Waals surface area contributed by atoms with Crippen molar-refractivity contribution in [3.05, 3.63) is 118 Å². The largest absolute Gasteiger partial charge is 0.504 e. The number of para-hydroxylation sites is 1. The number of phenols is 2. The first kappa shape index (κ1) is 24.3. The molecule has 7 nitrogen and oxygen atoms in total. The molecule has 4 N–H and O–H groups in total. The van der Waals surface area contributed by atoms with Crippen LogP contribution in [0.25, 0.3) is 44.7 Å². The van der Waals surface area contributed by atoms with Gasteiger partial charge in [0.15, 0.2) is 11.5 Å². The van der Waals surface area contributed by atoms with Crippen molar-refractivity contribution in [1.82, 2.24) is 20.2 Å². The average molecular weight is 567 g/mol. The monoisotopic (exact) mass is 566 g/mol. The summed E-state index contributed by atoms with van der Waals surface area (Å²) >= 11 is 12.8. The van der Waals surface area contributed by atoms with E-state index in [9.17, 15) is 10.2 Å². The van der Waals surface area contributed by atoms with Crippen LogP contribution in [-0.2, 0) is 0 Å². The van der Waals surface area contributed by atoms with Gasteiger partial charge in [-0.1, -0.05) is 41.4 Å². The fraction of sp³-hybridized carbons (Fsp3) is 0.0323. The predicted octanol–water partition coefficient (Wildman–Crippen LogP) is 8.26. The fourth-order valence-electron chi connectivity index (χ4n) is 5.20. The lowest BCUT2D eigenvalue weighted by molar-refractivity contribution is 0.403. The van der Waals surface area contributed by atoms with Crippen LogP contribution in [0.1, 0.15) is 22.6 Å². The van der Waals surface area contributed by atoms with Gasteiger partial charge >= 0.3 is 0 Å². The predicted molar refractivity (Wildman–Crippen MR) is 156 cm³/mol. The molecule has 4 aromatic carbocycles. The Kier molecular flexibility index (Phi) is 5.77.